The Kier molecular flexibility index (Phi) is 2.45. The highest BCUT2D eigenvalue weighted by atomic mass is 35.5. The van der Waals surface area contributed by atoms with Gasteiger partial charge in [0.05, 0.1) is 15.7 Å². The van der Waals surface area contributed by atoms with Crippen molar-refractivity contribution in [3.8, 4) is 0 Å². The molecule has 5 heteroatoms. The van der Waals surface area contributed by atoms with E-state index in [0.717, 1.165) is 33.1 Å². The summed E-state index contributed by atoms with van der Waals surface area (Å²) in [6.45, 7) is 5.82. The molecule has 0 aromatic carbocycles. The van der Waals surface area contributed by atoms with Gasteiger partial charge in [-0.1, -0.05) is 18.2 Å². The van der Waals surface area contributed by atoms with Crippen molar-refractivity contribution in [2.45, 2.75) is 6.92 Å². The third-order valence-electron chi connectivity index (χ3n) is 2.75. The molecule has 0 aliphatic carbocycles. The lowest BCUT2D eigenvalue weighted by atomic mass is 10.2. The highest BCUT2D eigenvalue weighted by Crippen LogP contribution is 2.20. The van der Waals surface area contributed by atoms with E-state index in [1.807, 2.05) is 25.3 Å². The van der Waals surface area contributed by atoms with Crippen molar-refractivity contribution >= 4 is 35.3 Å². The summed E-state index contributed by atoms with van der Waals surface area (Å²) in [5, 5.41) is 3.22. The molecule has 0 saturated carbocycles. The molecule has 0 aliphatic rings. The maximum atomic E-state index is 5.96. The number of aryl methyl sites for hydroxylation is 1. The molecule has 3 rings (SSSR count). The van der Waals surface area contributed by atoms with Crippen LogP contribution in [0.5, 0.6) is 0 Å². The monoisotopic (exact) mass is 258 g/mol. The molecule has 0 radical (unpaired) electrons. The number of pyridine rings is 1. The lowest BCUT2D eigenvalue weighted by Gasteiger charge is -1.91. The van der Waals surface area contributed by atoms with Crippen LogP contribution in [0.4, 0.5) is 0 Å². The number of imidazole rings is 1. The molecule has 3 heterocycles. The Morgan fingerprint density at radius 2 is 2.28 bits per heavy atom. The van der Waals surface area contributed by atoms with Gasteiger partial charge in [0.25, 0.3) is 0 Å². The van der Waals surface area contributed by atoms with Crippen molar-refractivity contribution < 1.29 is 0 Å². The van der Waals surface area contributed by atoms with Gasteiger partial charge in [-0.25, -0.2) is 9.97 Å². The first kappa shape index (κ1) is 11.0. The molecular weight excluding hydrogens is 248 g/mol. The summed E-state index contributed by atoms with van der Waals surface area (Å²) >= 11 is 5.96. The zero-order chi connectivity index (χ0) is 12.7. The van der Waals surface area contributed by atoms with Gasteiger partial charge in [0.2, 0.25) is 0 Å². The summed E-state index contributed by atoms with van der Waals surface area (Å²) in [4.78, 5) is 14.8. The molecule has 0 bridgehead atoms. The van der Waals surface area contributed by atoms with Crippen LogP contribution in [0.15, 0.2) is 18.5 Å². The molecule has 3 aromatic rings. The summed E-state index contributed by atoms with van der Waals surface area (Å²) in [6, 6.07) is 1.88. The van der Waals surface area contributed by atoms with Crippen LogP contribution in [-0.4, -0.2) is 19.9 Å². The van der Waals surface area contributed by atoms with Gasteiger partial charge in [0.1, 0.15) is 11.5 Å². The molecule has 4 nitrogen and oxygen atoms in total. The van der Waals surface area contributed by atoms with Crippen molar-refractivity contribution in [1.29, 1.82) is 0 Å². The molecule has 18 heavy (non-hydrogen) atoms. The summed E-state index contributed by atoms with van der Waals surface area (Å²) in [7, 11) is 0. The number of aromatic amines is 2. The number of aromatic nitrogens is 4. The van der Waals surface area contributed by atoms with E-state index >= 15 is 0 Å². The minimum Gasteiger partial charge on any atom is -0.346 e. The van der Waals surface area contributed by atoms with E-state index in [-0.39, 0.29) is 0 Å². The predicted octanol–water partition coefficient (Wildman–Crippen LogP) is 1.49. The van der Waals surface area contributed by atoms with Crippen molar-refractivity contribution in [3.63, 3.8) is 0 Å². The topological polar surface area (TPSA) is 57.4 Å². The Morgan fingerprint density at radius 3 is 3.00 bits per heavy atom. The first-order valence-corrected chi connectivity index (χ1v) is 5.87. The van der Waals surface area contributed by atoms with Crippen molar-refractivity contribution in [2.75, 3.05) is 0 Å². The molecular formula is C13H11ClN4. The average molecular weight is 259 g/mol. The molecule has 90 valence electrons. The number of hydrogen-bond acceptors (Lipinski definition) is 2. The lowest BCUT2D eigenvalue weighted by Crippen LogP contribution is -2.22. The van der Waals surface area contributed by atoms with Crippen LogP contribution in [0.2, 0.25) is 5.02 Å². The third kappa shape index (κ3) is 1.80. The fourth-order valence-corrected chi connectivity index (χ4v) is 2.10. The molecule has 0 saturated heterocycles. The van der Waals surface area contributed by atoms with E-state index < -0.39 is 0 Å². The Labute approximate surface area is 108 Å². The summed E-state index contributed by atoms with van der Waals surface area (Å²) in [6.07, 6.45) is 5.47. The van der Waals surface area contributed by atoms with Crippen LogP contribution in [0.1, 0.15) is 11.4 Å². The second-order valence-corrected chi connectivity index (χ2v) is 4.56. The number of nitrogens with one attached hydrogen (secondary N) is 2. The molecule has 0 aliphatic heterocycles. The average Bonchev–Trinajstić information content (AvgIpc) is 2.84. The summed E-state index contributed by atoms with van der Waals surface area (Å²) < 4.78 is 0. The van der Waals surface area contributed by atoms with Crippen molar-refractivity contribution in [2.24, 2.45) is 0 Å². The summed E-state index contributed by atoms with van der Waals surface area (Å²) in [5.41, 5.74) is 1.81. The van der Waals surface area contributed by atoms with E-state index in [4.69, 9.17) is 11.6 Å². The zero-order valence-electron chi connectivity index (χ0n) is 9.79. The Bertz CT molecular complexity index is 828. The molecule has 0 fully saturated rings. The van der Waals surface area contributed by atoms with Gasteiger partial charge < -0.3 is 9.97 Å². The highest BCUT2D eigenvalue weighted by Gasteiger charge is 2.03. The number of H-pyrrole nitrogens is 2. The van der Waals surface area contributed by atoms with E-state index in [1.54, 1.807) is 6.20 Å². The number of rotatable bonds is 1. The second kappa shape index (κ2) is 3.99. The SMILES string of the molecule is C=c1[nH]c(C)n/c1=C\c1c[nH]c2ncc(Cl)cc12. The van der Waals surface area contributed by atoms with Gasteiger partial charge >= 0.3 is 0 Å². The first-order chi connectivity index (χ1) is 8.63. The molecule has 3 aromatic heterocycles. The molecule has 0 spiro atoms. The standard InChI is InChI=1S/C13H11ClN4/c1-7-12(18-8(2)17-7)3-9-5-15-13-11(9)4-10(14)6-16-13/h3-6H,1H2,2H3,(H,15,16)(H,17,18)/b12-3-. The first-order valence-electron chi connectivity index (χ1n) is 5.49. The van der Waals surface area contributed by atoms with Gasteiger partial charge in [-0.15, -0.1) is 0 Å². The minimum absolute atomic E-state index is 0.616. The Balaban J connectivity index is 2.27. The van der Waals surface area contributed by atoms with Crippen LogP contribution < -0.4 is 10.7 Å². The fourth-order valence-electron chi connectivity index (χ4n) is 1.94. The molecule has 0 amide bonds. The second-order valence-electron chi connectivity index (χ2n) is 4.12. The van der Waals surface area contributed by atoms with Crippen molar-refractivity contribution in [3.05, 3.63) is 45.6 Å². The largest absolute Gasteiger partial charge is 0.346 e. The fraction of sp³-hybridized carbons (Fsp3) is 0.0769. The van der Waals surface area contributed by atoms with Crippen LogP contribution in [0.3, 0.4) is 0 Å². The van der Waals surface area contributed by atoms with E-state index in [0.29, 0.717) is 5.02 Å². The van der Waals surface area contributed by atoms with E-state index in [9.17, 15) is 0 Å². The number of nitrogens with zero attached hydrogens (tertiary/aromatic N) is 2. The van der Waals surface area contributed by atoms with Gasteiger partial charge in [0, 0.05) is 23.3 Å². The lowest BCUT2D eigenvalue weighted by molar-refractivity contribution is 1.13. The van der Waals surface area contributed by atoms with E-state index in [1.165, 1.54) is 0 Å². The third-order valence-corrected chi connectivity index (χ3v) is 2.96. The van der Waals surface area contributed by atoms with Crippen LogP contribution in [0, 0.1) is 6.92 Å². The normalized spacial score (nSPS) is 12.4. The van der Waals surface area contributed by atoms with E-state index in [2.05, 4.69) is 26.5 Å². The number of halogens is 1. The van der Waals surface area contributed by atoms with Gasteiger partial charge in [-0.3, -0.25) is 0 Å². The maximum absolute atomic E-state index is 5.96. The van der Waals surface area contributed by atoms with Crippen LogP contribution >= 0.6 is 11.6 Å². The Hall–Kier alpha value is -2.07. The van der Waals surface area contributed by atoms with Crippen molar-refractivity contribution in [1.82, 2.24) is 19.9 Å². The predicted molar refractivity (Wildman–Crippen MR) is 72.8 cm³/mol. The van der Waals surface area contributed by atoms with Gasteiger partial charge in [-0.2, -0.15) is 0 Å². The maximum Gasteiger partial charge on any atom is 0.137 e. The number of fused-ring (bicyclic) bond motifs is 1. The minimum atomic E-state index is 0.616. The highest BCUT2D eigenvalue weighted by molar-refractivity contribution is 6.31. The van der Waals surface area contributed by atoms with Gasteiger partial charge in [-0.05, 0) is 19.1 Å². The van der Waals surface area contributed by atoms with Crippen LogP contribution in [0.25, 0.3) is 23.7 Å². The Morgan fingerprint density at radius 1 is 1.44 bits per heavy atom. The molecule has 2 N–H and O–H groups in total. The summed E-state index contributed by atoms with van der Waals surface area (Å²) in [5.74, 6) is 0.849. The van der Waals surface area contributed by atoms with Gasteiger partial charge in [0.15, 0.2) is 0 Å². The number of hydrogen-bond donors (Lipinski definition) is 2. The zero-order valence-corrected chi connectivity index (χ0v) is 10.5. The smallest absolute Gasteiger partial charge is 0.137 e. The van der Waals surface area contributed by atoms with Crippen LogP contribution in [-0.2, 0) is 0 Å². The molecule has 0 atom stereocenters. The molecule has 0 unspecified atom stereocenters. The quantitative estimate of drug-likeness (QED) is 0.695.